The lowest BCUT2D eigenvalue weighted by molar-refractivity contribution is 0.0384. The third kappa shape index (κ3) is 2.63. The molecule has 2 aliphatic rings. The van der Waals surface area contributed by atoms with Gasteiger partial charge < -0.3 is 5.32 Å². The van der Waals surface area contributed by atoms with Crippen LogP contribution in [0.5, 0.6) is 0 Å². The molecule has 3 heteroatoms. The molecule has 3 rings (SSSR count). The molecule has 1 N–H and O–H groups in total. The number of hydrogen-bond acceptors (Lipinski definition) is 3. The molecule has 2 aliphatic heterocycles. The second kappa shape index (κ2) is 4.80. The molecule has 0 bridgehead atoms. The highest BCUT2D eigenvalue weighted by atomic mass is 15.3. The van der Waals surface area contributed by atoms with Crippen LogP contribution in [0.15, 0.2) is 24.3 Å². The highest BCUT2D eigenvalue weighted by Gasteiger charge is 2.32. The van der Waals surface area contributed by atoms with Crippen molar-refractivity contribution in [1.29, 1.82) is 0 Å². The van der Waals surface area contributed by atoms with E-state index in [1.165, 1.54) is 30.8 Å². The predicted octanol–water partition coefficient (Wildman–Crippen LogP) is 2.05. The minimum absolute atomic E-state index is 0.295. The highest BCUT2D eigenvalue weighted by molar-refractivity contribution is 5.56. The summed E-state index contributed by atoms with van der Waals surface area (Å²) >= 11 is 0. The van der Waals surface area contributed by atoms with Gasteiger partial charge in [0.05, 0.1) is 0 Å². The van der Waals surface area contributed by atoms with Crippen molar-refractivity contribution in [2.24, 2.45) is 0 Å². The second-order valence-corrected chi connectivity index (χ2v) is 6.67. The summed E-state index contributed by atoms with van der Waals surface area (Å²) in [5.41, 5.74) is 3.10. The topological polar surface area (TPSA) is 18.5 Å². The first kappa shape index (κ1) is 12.9. The zero-order valence-corrected chi connectivity index (χ0v) is 12.3. The van der Waals surface area contributed by atoms with Crippen LogP contribution >= 0.6 is 0 Å². The maximum absolute atomic E-state index is 3.67. The Morgan fingerprint density at radius 3 is 2.79 bits per heavy atom. The molecule has 1 atom stereocenters. The third-order valence-corrected chi connectivity index (χ3v) is 4.72. The molecule has 1 unspecified atom stereocenters. The fourth-order valence-corrected chi connectivity index (χ4v) is 3.29. The van der Waals surface area contributed by atoms with Gasteiger partial charge in [0.1, 0.15) is 0 Å². The van der Waals surface area contributed by atoms with Crippen LogP contribution in [-0.2, 0) is 6.42 Å². The number of rotatable bonds is 2. The summed E-state index contributed by atoms with van der Waals surface area (Å²) in [5, 5.41) is 3.67. The van der Waals surface area contributed by atoms with Crippen molar-refractivity contribution in [3.8, 4) is 0 Å². The molecule has 1 saturated heterocycles. The number of piperazine rings is 1. The summed E-state index contributed by atoms with van der Waals surface area (Å²) in [6.07, 6.45) is 1.17. The van der Waals surface area contributed by atoms with Crippen molar-refractivity contribution in [3.05, 3.63) is 29.8 Å². The molecule has 1 fully saturated rings. The van der Waals surface area contributed by atoms with Gasteiger partial charge in [-0.15, -0.1) is 0 Å². The van der Waals surface area contributed by atoms with Crippen molar-refractivity contribution in [2.45, 2.75) is 31.8 Å². The number of nitrogens with one attached hydrogen (secondary N) is 1. The molecular formula is C16H25N3. The first-order valence-corrected chi connectivity index (χ1v) is 7.33. The minimum atomic E-state index is 0.295. The summed E-state index contributed by atoms with van der Waals surface area (Å²) in [6, 6.07) is 9.28. The molecule has 104 valence electrons. The largest absolute Gasteiger partial charge is 0.380 e. The van der Waals surface area contributed by atoms with Crippen molar-refractivity contribution in [2.75, 3.05) is 38.5 Å². The van der Waals surface area contributed by atoms with Gasteiger partial charge in [0, 0.05) is 43.4 Å². The van der Waals surface area contributed by atoms with Gasteiger partial charge in [-0.1, -0.05) is 18.2 Å². The van der Waals surface area contributed by atoms with Crippen LogP contribution in [0.1, 0.15) is 19.4 Å². The Morgan fingerprint density at radius 2 is 2.05 bits per heavy atom. The highest BCUT2D eigenvalue weighted by Crippen LogP contribution is 2.26. The number of likely N-dealkylation sites (N-methyl/N-ethyl adjacent to an activating group) is 1. The standard InChI is InChI=1S/C16H25N3/c1-16(2)12-19(9-8-18(16)3)11-14-10-13-6-4-5-7-15(13)17-14/h4-7,14,17H,8-12H2,1-3H3. The van der Waals surface area contributed by atoms with E-state index in [0.29, 0.717) is 11.6 Å². The van der Waals surface area contributed by atoms with Crippen molar-refractivity contribution in [1.82, 2.24) is 9.80 Å². The van der Waals surface area contributed by atoms with E-state index in [0.717, 1.165) is 13.1 Å². The zero-order valence-electron chi connectivity index (χ0n) is 12.3. The Bertz CT molecular complexity index is 430. The molecule has 0 saturated carbocycles. The van der Waals surface area contributed by atoms with Crippen molar-refractivity contribution in [3.63, 3.8) is 0 Å². The normalized spacial score (nSPS) is 27.0. The van der Waals surface area contributed by atoms with E-state index in [1.807, 2.05) is 0 Å². The number of hydrogen-bond donors (Lipinski definition) is 1. The van der Waals surface area contributed by atoms with E-state index in [4.69, 9.17) is 0 Å². The van der Waals surface area contributed by atoms with Gasteiger partial charge in [0.2, 0.25) is 0 Å². The predicted molar refractivity (Wildman–Crippen MR) is 80.7 cm³/mol. The lowest BCUT2D eigenvalue weighted by Gasteiger charge is -2.46. The molecule has 0 aliphatic carbocycles. The van der Waals surface area contributed by atoms with Crippen LogP contribution in [0, 0.1) is 0 Å². The molecule has 0 amide bonds. The Balaban J connectivity index is 1.59. The monoisotopic (exact) mass is 259 g/mol. The van der Waals surface area contributed by atoms with E-state index in [2.05, 4.69) is 60.3 Å². The van der Waals surface area contributed by atoms with E-state index in [-0.39, 0.29) is 0 Å². The van der Waals surface area contributed by atoms with Gasteiger partial charge in [0.15, 0.2) is 0 Å². The Hall–Kier alpha value is -1.06. The molecule has 2 heterocycles. The first-order valence-electron chi connectivity index (χ1n) is 7.33. The Morgan fingerprint density at radius 1 is 1.26 bits per heavy atom. The second-order valence-electron chi connectivity index (χ2n) is 6.67. The van der Waals surface area contributed by atoms with Crippen molar-refractivity contribution < 1.29 is 0 Å². The molecule has 0 spiro atoms. The number of anilines is 1. The average Bonchev–Trinajstić information content (AvgIpc) is 2.75. The molecule has 0 aromatic heterocycles. The van der Waals surface area contributed by atoms with Crippen LogP contribution in [0.3, 0.4) is 0 Å². The number of para-hydroxylation sites is 1. The van der Waals surface area contributed by atoms with Gasteiger partial charge in [0.25, 0.3) is 0 Å². The van der Waals surface area contributed by atoms with Crippen molar-refractivity contribution >= 4 is 5.69 Å². The van der Waals surface area contributed by atoms with Crippen LogP contribution in [-0.4, -0.2) is 54.6 Å². The molecule has 0 radical (unpaired) electrons. The summed E-state index contributed by atoms with van der Waals surface area (Å²) in [5.74, 6) is 0. The molecule has 1 aromatic carbocycles. The Labute approximate surface area is 116 Å². The van der Waals surface area contributed by atoms with Gasteiger partial charge in [-0.25, -0.2) is 0 Å². The van der Waals surface area contributed by atoms with Crippen LogP contribution < -0.4 is 5.32 Å². The fourth-order valence-electron chi connectivity index (χ4n) is 3.29. The molecule has 3 nitrogen and oxygen atoms in total. The van der Waals surface area contributed by atoms with Gasteiger partial charge in [-0.3, -0.25) is 9.80 Å². The fraction of sp³-hybridized carbons (Fsp3) is 0.625. The van der Waals surface area contributed by atoms with E-state index in [9.17, 15) is 0 Å². The van der Waals surface area contributed by atoms with E-state index in [1.54, 1.807) is 0 Å². The van der Waals surface area contributed by atoms with Gasteiger partial charge in [-0.2, -0.15) is 0 Å². The summed E-state index contributed by atoms with van der Waals surface area (Å²) in [4.78, 5) is 5.09. The molecular weight excluding hydrogens is 234 g/mol. The number of benzene rings is 1. The lowest BCUT2D eigenvalue weighted by Crippen LogP contribution is -2.58. The number of fused-ring (bicyclic) bond motifs is 1. The summed E-state index contributed by atoms with van der Waals surface area (Å²) in [6.45, 7) is 9.37. The Kier molecular flexibility index (Phi) is 3.27. The third-order valence-electron chi connectivity index (χ3n) is 4.72. The van der Waals surface area contributed by atoms with Gasteiger partial charge >= 0.3 is 0 Å². The van der Waals surface area contributed by atoms with E-state index < -0.39 is 0 Å². The number of nitrogens with zero attached hydrogens (tertiary/aromatic N) is 2. The van der Waals surface area contributed by atoms with Crippen LogP contribution in [0.2, 0.25) is 0 Å². The zero-order chi connectivity index (χ0) is 13.5. The quantitative estimate of drug-likeness (QED) is 0.877. The lowest BCUT2D eigenvalue weighted by atomic mass is 9.99. The minimum Gasteiger partial charge on any atom is -0.380 e. The van der Waals surface area contributed by atoms with Crippen LogP contribution in [0.4, 0.5) is 5.69 Å². The maximum Gasteiger partial charge on any atom is 0.0429 e. The average molecular weight is 259 g/mol. The first-order chi connectivity index (χ1) is 9.04. The van der Waals surface area contributed by atoms with Crippen LogP contribution in [0.25, 0.3) is 0 Å². The summed E-state index contributed by atoms with van der Waals surface area (Å²) in [7, 11) is 2.24. The molecule has 1 aromatic rings. The summed E-state index contributed by atoms with van der Waals surface area (Å²) < 4.78 is 0. The van der Waals surface area contributed by atoms with Gasteiger partial charge in [-0.05, 0) is 38.9 Å². The van der Waals surface area contributed by atoms with E-state index >= 15 is 0 Å². The molecule has 19 heavy (non-hydrogen) atoms. The maximum atomic E-state index is 3.67. The smallest absolute Gasteiger partial charge is 0.0429 e. The SMILES string of the molecule is CN1CCN(CC2Cc3ccccc3N2)CC1(C)C.